The second kappa shape index (κ2) is 10.1. The van der Waals surface area contributed by atoms with Crippen molar-refractivity contribution in [2.24, 2.45) is 0 Å². The maximum Gasteiger partial charge on any atom is 0.260 e. The van der Waals surface area contributed by atoms with Gasteiger partial charge in [-0.3, -0.25) is 4.79 Å². The number of nitrogens with zero attached hydrogens (tertiary/aromatic N) is 1. The number of hydrogen-bond acceptors (Lipinski definition) is 4. The largest absolute Gasteiger partial charge is 0.481 e. The van der Waals surface area contributed by atoms with Crippen molar-refractivity contribution in [2.45, 2.75) is 19.4 Å². The summed E-state index contributed by atoms with van der Waals surface area (Å²) in [6.45, 7) is 4.41. The van der Waals surface area contributed by atoms with Crippen LogP contribution in [0, 0.1) is 11.6 Å². The first kappa shape index (κ1) is 19.3. The van der Waals surface area contributed by atoms with Crippen molar-refractivity contribution >= 4 is 5.91 Å². The van der Waals surface area contributed by atoms with Crippen molar-refractivity contribution in [1.82, 2.24) is 10.2 Å². The quantitative estimate of drug-likeness (QED) is 0.665. The van der Waals surface area contributed by atoms with Crippen LogP contribution in [0.25, 0.3) is 0 Å². The summed E-state index contributed by atoms with van der Waals surface area (Å²) in [4.78, 5) is 14.0. The number of carbonyl (C=O) groups is 1. The van der Waals surface area contributed by atoms with Crippen LogP contribution in [0.15, 0.2) is 18.2 Å². The first-order valence-electron chi connectivity index (χ1n) is 7.51. The molecule has 1 aromatic carbocycles. The van der Waals surface area contributed by atoms with Gasteiger partial charge in [-0.2, -0.15) is 0 Å². The maximum atomic E-state index is 13.1. The molecular formula is C16H24F2N2O3. The van der Waals surface area contributed by atoms with Gasteiger partial charge in [-0.15, -0.1) is 0 Å². The molecule has 0 aliphatic heterocycles. The molecule has 7 heteroatoms. The van der Waals surface area contributed by atoms with Gasteiger partial charge >= 0.3 is 0 Å². The summed E-state index contributed by atoms with van der Waals surface area (Å²) in [6, 6.07) is 3.17. The van der Waals surface area contributed by atoms with Gasteiger partial charge in [0.15, 0.2) is 17.7 Å². The number of halogens is 2. The lowest BCUT2D eigenvalue weighted by molar-refractivity contribution is -0.127. The number of hydrogen-bond donors (Lipinski definition) is 1. The predicted octanol–water partition coefficient (Wildman–Crippen LogP) is 1.82. The van der Waals surface area contributed by atoms with Crippen LogP contribution in [-0.4, -0.2) is 57.3 Å². The Morgan fingerprint density at radius 1 is 1.30 bits per heavy atom. The van der Waals surface area contributed by atoms with E-state index in [1.54, 1.807) is 14.0 Å². The molecule has 130 valence electrons. The summed E-state index contributed by atoms with van der Waals surface area (Å²) in [6.07, 6.45) is 0.00945. The first-order valence-corrected chi connectivity index (χ1v) is 7.51. The maximum absolute atomic E-state index is 13.1. The Morgan fingerprint density at radius 2 is 2.04 bits per heavy atom. The standard InChI is InChI=1S/C16H24F2N2O3/c1-12(23-13-5-6-14(17)15(18)11-13)16(21)19-7-4-8-20(2)9-10-22-3/h5-6,11-12H,4,7-10H2,1-3H3,(H,19,21). The molecule has 0 radical (unpaired) electrons. The van der Waals surface area contributed by atoms with Crippen molar-refractivity contribution in [1.29, 1.82) is 0 Å². The highest BCUT2D eigenvalue weighted by molar-refractivity contribution is 5.80. The van der Waals surface area contributed by atoms with E-state index in [0.717, 1.165) is 31.6 Å². The van der Waals surface area contributed by atoms with Gasteiger partial charge < -0.3 is 19.7 Å². The van der Waals surface area contributed by atoms with Crippen molar-refractivity contribution < 1.29 is 23.0 Å². The van der Waals surface area contributed by atoms with E-state index in [4.69, 9.17) is 9.47 Å². The Labute approximate surface area is 135 Å². The molecule has 1 N–H and O–H groups in total. The summed E-state index contributed by atoms with van der Waals surface area (Å²) in [7, 11) is 3.64. The highest BCUT2D eigenvalue weighted by Crippen LogP contribution is 2.16. The predicted molar refractivity (Wildman–Crippen MR) is 83.4 cm³/mol. The van der Waals surface area contributed by atoms with Gasteiger partial charge in [0.05, 0.1) is 6.61 Å². The highest BCUT2D eigenvalue weighted by atomic mass is 19.2. The molecule has 0 fully saturated rings. The van der Waals surface area contributed by atoms with E-state index in [0.29, 0.717) is 13.2 Å². The molecule has 1 rings (SSSR count). The van der Waals surface area contributed by atoms with Gasteiger partial charge in [0.2, 0.25) is 0 Å². The van der Waals surface area contributed by atoms with E-state index < -0.39 is 17.7 Å². The SMILES string of the molecule is COCCN(C)CCCNC(=O)C(C)Oc1ccc(F)c(F)c1. The molecule has 0 heterocycles. The molecule has 0 saturated heterocycles. The molecule has 0 aromatic heterocycles. The summed E-state index contributed by atoms with van der Waals surface area (Å²) < 4.78 is 36.2. The number of benzene rings is 1. The minimum absolute atomic E-state index is 0.117. The minimum atomic E-state index is -1.01. The second-order valence-corrected chi connectivity index (χ2v) is 5.28. The molecule has 0 aliphatic carbocycles. The molecule has 1 unspecified atom stereocenters. The summed E-state index contributed by atoms with van der Waals surface area (Å²) in [5.41, 5.74) is 0. The third-order valence-electron chi connectivity index (χ3n) is 3.27. The Kier molecular flexibility index (Phi) is 8.50. The third-order valence-corrected chi connectivity index (χ3v) is 3.27. The number of likely N-dealkylation sites (N-methyl/N-ethyl adjacent to an activating group) is 1. The molecule has 1 aromatic rings. The van der Waals surface area contributed by atoms with E-state index in [-0.39, 0.29) is 11.7 Å². The Hall–Kier alpha value is -1.73. The van der Waals surface area contributed by atoms with Gasteiger partial charge in [0.25, 0.3) is 5.91 Å². The van der Waals surface area contributed by atoms with Gasteiger partial charge in [-0.05, 0) is 39.1 Å². The van der Waals surface area contributed by atoms with E-state index >= 15 is 0 Å². The lowest BCUT2D eigenvalue weighted by Crippen LogP contribution is -2.37. The van der Waals surface area contributed by atoms with Crippen molar-refractivity contribution in [3.05, 3.63) is 29.8 Å². The van der Waals surface area contributed by atoms with Crippen LogP contribution >= 0.6 is 0 Å². The van der Waals surface area contributed by atoms with Gasteiger partial charge in [-0.1, -0.05) is 0 Å². The zero-order valence-corrected chi connectivity index (χ0v) is 13.8. The molecule has 0 saturated carbocycles. The highest BCUT2D eigenvalue weighted by Gasteiger charge is 2.15. The molecule has 5 nitrogen and oxygen atoms in total. The Morgan fingerprint density at radius 3 is 2.70 bits per heavy atom. The van der Waals surface area contributed by atoms with E-state index in [9.17, 15) is 13.6 Å². The van der Waals surface area contributed by atoms with Gasteiger partial charge in [0, 0.05) is 26.3 Å². The normalized spacial score (nSPS) is 12.3. The van der Waals surface area contributed by atoms with E-state index in [2.05, 4.69) is 10.2 Å². The molecular weight excluding hydrogens is 306 g/mol. The molecule has 0 aliphatic rings. The van der Waals surface area contributed by atoms with Gasteiger partial charge in [0.1, 0.15) is 5.75 Å². The lowest BCUT2D eigenvalue weighted by atomic mass is 10.3. The molecule has 0 spiro atoms. The number of methoxy groups -OCH3 is 1. The van der Waals surface area contributed by atoms with Crippen LogP contribution in [0.5, 0.6) is 5.75 Å². The number of amides is 1. The number of rotatable bonds is 10. The van der Waals surface area contributed by atoms with Crippen LogP contribution < -0.4 is 10.1 Å². The van der Waals surface area contributed by atoms with Crippen molar-refractivity contribution in [3.8, 4) is 5.75 Å². The van der Waals surface area contributed by atoms with Gasteiger partial charge in [-0.25, -0.2) is 8.78 Å². The minimum Gasteiger partial charge on any atom is -0.481 e. The molecule has 0 bridgehead atoms. The van der Waals surface area contributed by atoms with E-state index in [1.165, 1.54) is 6.07 Å². The van der Waals surface area contributed by atoms with Crippen molar-refractivity contribution in [3.63, 3.8) is 0 Å². The summed E-state index contributed by atoms with van der Waals surface area (Å²) in [5.74, 6) is -2.14. The smallest absolute Gasteiger partial charge is 0.260 e. The van der Waals surface area contributed by atoms with E-state index in [1.807, 2.05) is 7.05 Å². The zero-order valence-electron chi connectivity index (χ0n) is 13.8. The second-order valence-electron chi connectivity index (χ2n) is 5.28. The first-order chi connectivity index (χ1) is 10.9. The number of nitrogens with one attached hydrogen (secondary N) is 1. The van der Waals surface area contributed by atoms with Crippen LogP contribution in [0.4, 0.5) is 8.78 Å². The Bertz CT molecular complexity index is 500. The van der Waals surface area contributed by atoms with Crippen LogP contribution in [0.2, 0.25) is 0 Å². The molecule has 1 atom stereocenters. The van der Waals surface area contributed by atoms with Crippen LogP contribution in [0.1, 0.15) is 13.3 Å². The van der Waals surface area contributed by atoms with Crippen LogP contribution in [-0.2, 0) is 9.53 Å². The fraction of sp³-hybridized carbons (Fsp3) is 0.562. The molecule has 1 amide bonds. The molecule has 23 heavy (non-hydrogen) atoms. The lowest BCUT2D eigenvalue weighted by Gasteiger charge is -2.17. The summed E-state index contributed by atoms with van der Waals surface area (Å²) in [5, 5.41) is 2.75. The third kappa shape index (κ3) is 7.38. The average molecular weight is 330 g/mol. The monoisotopic (exact) mass is 330 g/mol. The topological polar surface area (TPSA) is 50.8 Å². The Balaban J connectivity index is 2.27. The number of ether oxygens (including phenoxy) is 2. The van der Waals surface area contributed by atoms with Crippen LogP contribution in [0.3, 0.4) is 0 Å². The zero-order chi connectivity index (χ0) is 17.2. The average Bonchev–Trinajstić information content (AvgIpc) is 2.52. The number of carbonyl (C=O) groups excluding carboxylic acids is 1. The fourth-order valence-electron chi connectivity index (χ4n) is 1.87. The van der Waals surface area contributed by atoms with Crippen molar-refractivity contribution in [2.75, 3.05) is 40.4 Å². The summed E-state index contributed by atoms with van der Waals surface area (Å²) >= 11 is 0. The fourth-order valence-corrected chi connectivity index (χ4v) is 1.87.